The summed E-state index contributed by atoms with van der Waals surface area (Å²) in [5.74, 6) is -0.242. The third-order valence-electron chi connectivity index (χ3n) is 2.32. The van der Waals surface area contributed by atoms with Gasteiger partial charge in [-0.25, -0.2) is 0 Å². The smallest absolute Gasteiger partial charge is 0.255 e. The van der Waals surface area contributed by atoms with Crippen LogP contribution in [-0.4, -0.2) is 30.3 Å². The summed E-state index contributed by atoms with van der Waals surface area (Å²) in [5.41, 5.74) is 0.991. The molecule has 0 aliphatic heterocycles. The van der Waals surface area contributed by atoms with Crippen molar-refractivity contribution in [3.8, 4) is 5.75 Å². The highest BCUT2D eigenvalue weighted by atomic mass is 16.5. The standard InChI is InChI=1S/C13H19NO3/c1-9(2)17-8-7-14-13(16)11-6-4-5-10(3)12(11)15/h4-6,9,15H,7-8H2,1-3H3,(H,14,16). The molecule has 0 atom stereocenters. The van der Waals surface area contributed by atoms with E-state index in [0.717, 1.165) is 0 Å². The third kappa shape index (κ3) is 4.07. The number of nitrogens with one attached hydrogen (secondary N) is 1. The first-order valence-electron chi connectivity index (χ1n) is 5.70. The van der Waals surface area contributed by atoms with E-state index in [1.165, 1.54) is 0 Å². The third-order valence-corrected chi connectivity index (χ3v) is 2.32. The van der Waals surface area contributed by atoms with Crippen molar-refractivity contribution in [2.45, 2.75) is 26.9 Å². The molecule has 1 amide bonds. The number of hydrogen-bond acceptors (Lipinski definition) is 3. The number of benzene rings is 1. The Morgan fingerprint density at radius 2 is 2.18 bits per heavy atom. The number of phenols is 1. The second-order valence-electron chi connectivity index (χ2n) is 4.15. The number of rotatable bonds is 5. The molecule has 0 aliphatic carbocycles. The molecule has 0 aliphatic rings. The summed E-state index contributed by atoms with van der Waals surface area (Å²) in [4.78, 5) is 11.7. The molecular formula is C13H19NO3. The van der Waals surface area contributed by atoms with E-state index >= 15 is 0 Å². The van der Waals surface area contributed by atoms with Crippen molar-refractivity contribution < 1.29 is 14.6 Å². The van der Waals surface area contributed by atoms with Gasteiger partial charge >= 0.3 is 0 Å². The Bertz CT molecular complexity index is 388. The molecule has 1 aromatic rings. The van der Waals surface area contributed by atoms with Crippen molar-refractivity contribution in [2.24, 2.45) is 0 Å². The van der Waals surface area contributed by atoms with E-state index in [1.54, 1.807) is 25.1 Å². The molecule has 0 saturated heterocycles. The maximum absolute atomic E-state index is 11.7. The van der Waals surface area contributed by atoms with E-state index in [1.807, 2.05) is 13.8 Å². The van der Waals surface area contributed by atoms with Crippen LogP contribution in [0.1, 0.15) is 29.8 Å². The van der Waals surface area contributed by atoms with Gasteiger partial charge in [0.25, 0.3) is 5.91 Å². The van der Waals surface area contributed by atoms with Crippen LogP contribution in [0.2, 0.25) is 0 Å². The number of hydrogen-bond donors (Lipinski definition) is 2. The molecule has 94 valence electrons. The highest BCUT2D eigenvalue weighted by Crippen LogP contribution is 2.20. The Morgan fingerprint density at radius 1 is 1.47 bits per heavy atom. The molecule has 4 heteroatoms. The lowest BCUT2D eigenvalue weighted by molar-refractivity contribution is 0.0745. The number of aryl methyl sites for hydroxylation is 1. The second-order valence-corrected chi connectivity index (χ2v) is 4.15. The van der Waals surface area contributed by atoms with Crippen LogP contribution < -0.4 is 5.32 Å². The molecule has 0 spiro atoms. The van der Waals surface area contributed by atoms with Crippen LogP contribution in [0.25, 0.3) is 0 Å². The quantitative estimate of drug-likeness (QED) is 0.768. The Balaban J connectivity index is 2.50. The zero-order valence-electron chi connectivity index (χ0n) is 10.5. The predicted octanol–water partition coefficient (Wildman–Crippen LogP) is 1.86. The number of ether oxygens (including phenoxy) is 1. The molecular weight excluding hydrogens is 218 g/mol. The van der Waals surface area contributed by atoms with Crippen LogP contribution in [0.5, 0.6) is 5.75 Å². The minimum Gasteiger partial charge on any atom is -0.507 e. The summed E-state index contributed by atoms with van der Waals surface area (Å²) in [7, 11) is 0. The molecule has 1 rings (SSSR count). The molecule has 0 bridgehead atoms. The van der Waals surface area contributed by atoms with Gasteiger partial charge in [-0.2, -0.15) is 0 Å². The lowest BCUT2D eigenvalue weighted by Gasteiger charge is -2.10. The van der Waals surface area contributed by atoms with Crippen LogP contribution in [0.4, 0.5) is 0 Å². The van der Waals surface area contributed by atoms with Gasteiger partial charge in [0.2, 0.25) is 0 Å². The largest absolute Gasteiger partial charge is 0.507 e. The van der Waals surface area contributed by atoms with Crippen LogP contribution in [0.15, 0.2) is 18.2 Å². The van der Waals surface area contributed by atoms with Gasteiger partial charge in [-0.15, -0.1) is 0 Å². The fourth-order valence-electron chi connectivity index (χ4n) is 1.40. The molecule has 0 radical (unpaired) electrons. The molecule has 0 aromatic heterocycles. The number of carbonyl (C=O) groups excluding carboxylic acids is 1. The summed E-state index contributed by atoms with van der Waals surface area (Å²) in [6.45, 7) is 6.54. The average molecular weight is 237 g/mol. The van der Waals surface area contributed by atoms with Gasteiger partial charge in [-0.3, -0.25) is 4.79 Å². The Morgan fingerprint density at radius 3 is 2.82 bits per heavy atom. The molecule has 0 saturated carbocycles. The fraction of sp³-hybridized carbons (Fsp3) is 0.462. The highest BCUT2D eigenvalue weighted by molar-refractivity contribution is 5.97. The molecule has 0 heterocycles. The minimum atomic E-state index is -0.279. The summed E-state index contributed by atoms with van der Waals surface area (Å²) < 4.78 is 5.30. The maximum Gasteiger partial charge on any atom is 0.255 e. The molecule has 0 unspecified atom stereocenters. The molecule has 4 nitrogen and oxygen atoms in total. The van der Waals surface area contributed by atoms with Crippen molar-refractivity contribution >= 4 is 5.91 Å². The normalized spacial score (nSPS) is 10.6. The number of amides is 1. The average Bonchev–Trinajstić information content (AvgIpc) is 2.27. The molecule has 17 heavy (non-hydrogen) atoms. The zero-order valence-corrected chi connectivity index (χ0v) is 10.5. The predicted molar refractivity (Wildman–Crippen MR) is 66.3 cm³/mol. The van der Waals surface area contributed by atoms with Crippen molar-refractivity contribution in [3.63, 3.8) is 0 Å². The Hall–Kier alpha value is -1.55. The SMILES string of the molecule is Cc1cccc(C(=O)NCCOC(C)C)c1O. The lowest BCUT2D eigenvalue weighted by Crippen LogP contribution is -2.28. The molecule has 2 N–H and O–H groups in total. The highest BCUT2D eigenvalue weighted by Gasteiger charge is 2.11. The van der Waals surface area contributed by atoms with E-state index in [4.69, 9.17) is 4.74 Å². The van der Waals surface area contributed by atoms with E-state index in [-0.39, 0.29) is 17.8 Å². The summed E-state index contributed by atoms with van der Waals surface area (Å²) >= 11 is 0. The van der Waals surface area contributed by atoms with Crippen molar-refractivity contribution in [2.75, 3.05) is 13.2 Å². The Labute approximate surface area is 102 Å². The van der Waals surface area contributed by atoms with Crippen molar-refractivity contribution in [1.29, 1.82) is 0 Å². The van der Waals surface area contributed by atoms with E-state index in [0.29, 0.717) is 24.3 Å². The van der Waals surface area contributed by atoms with Gasteiger partial charge in [-0.05, 0) is 32.4 Å². The first kappa shape index (κ1) is 13.5. The van der Waals surface area contributed by atoms with Crippen LogP contribution >= 0.6 is 0 Å². The van der Waals surface area contributed by atoms with Gasteiger partial charge in [0.15, 0.2) is 0 Å². The van der Waals surface area contributed by atoms with Gasteiger partial charge < -0.3 is 15.2 Å². The first-order valence-corrected chi connectivity index (χ1v) is 5.70. The first-order chi connectivity index (χ1) is 8.02. The van der Waals surface area contributed by atoms with Gasteiger partial charge in [-0.1, -0.05) is 12.1 Å². The maximum atomic E-state index is 11.7. The number of para-hydroxylation sites is 1. The zero-order chi connectivity index (χ0) is 12.8. The van der Waals surface area contributed by atoms with E-state index in [9.17, 15) is 9.90 Å². The van der Waals surface area contributed by atoms with Crippen molar-refractivity contribution in [3.05, 3.63) is 29.3 Å². The van der Waals surface area contributed by atoms with Crippen LogP contribution in [-0.2, 0) is 4.74 Å². The fourth-order valence-corrected chi connectivity index (χ4v) is 1.40. The van der Waals surface area contributed by atoms with E-state index < -0.39 is 0 Å². The summed E-state index contributed by atoms with van der Waals surface area (Å²) in [5, 5.41) is 12.4. The van der Waals surface area contributed by atoms with Gasteiger partial charge in [0.1, 0.15) is 5.75 Å². The lowest BCUT2D eigenvalue weighted by atomic mass is 10.1. The van der Waals surface area contributed by atoms with E-state index in [2.05, 4.69) is 5.32 Å². The molecule has 0 fully saturated rings. The molecule has 1 aromatic carbocycles. The number of aromatic hydroxyl groups is 1. The summed E-state index contributed by atoms with van der Waals surface area (Å²) in [6.07, 6.45) is 0.152. The minimum absolute atomic E-state index is 0.0368. The van der Waals surface area contributed by atoms with Crippen molar-refractivity contribution in [1.82, 2.24) is 5.32 Å². The Kier molecular flexibility index (Phi) is 4.97. The summed E-state index contributed by atoms with van der Waals surface area (Å²) in [6, 6.07) is 5.10. The number of carbonyl (C=O) groups is 1. The van der Waals surface area contributed by atoms with Crippen LogP contribution in [0.3, 0.4) is 0 Å². The van der Waals surface area contributed by atoms with Gasteiger partial charge in [0.05, 0.1) is 18.3 Å². The van der Waals surface area contributed by atoms with Gasteiger partial charge in [0, 0.05) is 6.54 Å². The number of phenolic OH excluding ortho intramolecular Hbond substituents is 1. The monoisotopic (exact) mass is 237 g/mol. The van der Waals surface area contributed by atoms with Crippen LogP contribution in [0, 0.1) is 6.92 Å². The second kappa shape index (κ2) is 6.25. The topological polar surface area (TPSA) is 58.6 Å².